The van der Waals surface area contributed by atoms with E-state index in [9.17, 15) is 9.59 Å². The van der Waals surface area contributed by atoms with Crippen molar-refractivity contribution in [3.63, 3.8) is 0 Å². The average molecular weight is 277 g/mol. The maximum Gasteiger partial charge on any atom is 0.407 e. The summed E-state index contributed by atoms with van der Waals surface area (Å²) in [6.07, 6.45) is 0.443. The molecule has 1 amide bonds. The minimum atomic E-state index is -0.934. The van der Waals surface area contributed by atoms with E-state index in [0.29, 0.717) is 0 Å². The van der Waals surface area contributed by atoms with Gasteiger partial charge in [-0.2, -0.15) is 0 Å². The number of carboxylic acids is 1. The van der Waals surface area contributed by atoms with Crippen molar-refractivity contribution in [1.82, 2.24) is 5.32 Å². The lowest BCUT2D eigenvalue weighted by Gasteiger charge is -2.19. The number of aromatic carboxylic acids is 1. The van der Waals surface area contributed by atoms with Gasteiger partial charge in [0.15, 0.2) is 0 Å². The minimum Gasteiger partial charge on any atom is -0.478 e. The molecule has 20 heavy (non-hydrogen) atoms. The Kier molecular flexibility index (Phi) is 3.70. The Morgan fingerprint density at radius 2 is 1.85 bits per heavy atom. The number of rotatable bonds is 3. The number of alkyl carbamates (subject to hydrolysis) is 1. The van der Waals surface area contributed by atoms with Crippen LogP contribution >= 0.6 is 0 Å². The molecule has 0 bridgehead atoms. The third-order valence-electron chi connectivity index (χ3n) is 3.08. The molecule has 0 radical (unpaired) electrons. The van der Waals surface area contributed by atoms with Gasteiger partial charge in [-0.1, -0.05) is 12.1 Å². The Morgan fingerprint density at radius 1 is 1.25 bits per heavy atom. The number of hydrogen-bond acceptors (Lipinski definition) is 3. The fourth-order valence-corrected chi connectivity index (χ4v) is 2.05. The lowest BCUT2D eigenvalue weighted by Crippen LogP contribution is -2.34. The van der Waals surface area contributed by atoms with Crippen LogP contribution in [0.4, 0.5) is 4.79 Å². The van der Waals surface area contributed by atoms with Crippen LogP contribution in [0.3, 0.4) is 0 Å². The Hall–Kier alpha value is -2.04. The first-order valence-electron chi connectivity index (χ1n) is 6.59. The molecule has 2 atom stereocenters. The number of carbonyl (C=O) groups excluding carboxylic acids is 1. The van der Waals surface area contributed by atoms with E-state index in [1.807, 2.05) is 20.8 Å². The van der Waals surface area contributed by atoms with Crippen LogP contribution in [0.25, 0.3) is 0 Å². The maximum absolute atomic E-state index is 11.6. The summed E-state index contributed by atoms with van der Waals surface area (Å²) in [5, 5.41) is 11.7. The Morgan fingerprint density at radius 3 is 2.35 bits per heavy atom. The normalized spacial score (nSPS) is 21.1. The molecule has 1 saturated carbocycles. The first-order chi connectivity index (χ1) is 9.26. The molecule has 0 heterocycles. The second kappa shape index (κ2) is 5.15. The zero-order valence-electron chi connectivity index (χ0n) is 11.8. The molecule has 5 nitrogen and oxygen atoms in total. The van der Waals surface area contributed by atoms with Gasteiger partial charge in [0, 0.05) is 12.0 Å². The molecule has 108 valence electrons. The molecule has 2 N–H and O–H groups in total. The maximum atomic E-state index is 11.6. The molecule has 1 aromatic carbocycles. The summed E-state index contributed by atoms with van der Waals surface area (Å²) >= 11 is 0. The van der Waals surface area contributed by atoms with Crippen molar-refractivity contribution in [2.45, 2.75) is 44.8 Å². The van der Waals surface area contributed by atoms with Crippen molar-refractivity contribution < 1.29 is 19.4 Å². The molecular weight excluding hydrogens is 258 g/mol. The number of hydrogen-bond donors (Lipinski definition) is 2. The standard InChI is InChI=1S/C15H19NO4/c1-15(2,3)20-14(19)16-12-8-11(12)9-4-6-10(7-5-9)13(17)18/h4-7,11-12H,8H2,1-3H3,(H,16,19)(H,17,18)/t11-,12-/m1/s1. The van der Waals surface area contributed by atoms with Crippen LogP contribution in [0, 0.1) is 0 Å². The lowest BCUT2D eigenvalue weighted by atomic mass is 10.1. The molecule has 1 aliphatic rings. The zero-order valence-corrected chi connectivity index (χ0v) is 11.8. The summed E-state index contributed by atoms with van der Waals surface area (Å²) in [6.45, 7) is 5.46. The molecular formula is C15H19NO4. The summed E-state index contributed by atoms with van der Waals surface area (Å²) < 4.78 is 5.20. The number of carbonyl (C=O) groups is 2. The predicted octanol–water partition coefficient (Wildman–Crippen LogP) is 2.77. The molecule has 1 aliphatic carbocycles. The number of ether oxygens (including phenoxy) is 1. The second-order valence-electron chi connectivity index (χ2n) is 6.02. The molecule has 0 aliphatic heterocycles. The van der Waals surface area contributed by atoms with E-state index in [1.165, 1.54) is 0 Å². The molecule has 0 spiro atoms. The largest absolute Gasteiger partial charge is 0.478 e. The van der Waals surface area contributed by atoms with E-state index in [0.717, 1.165) is 12.0 Å². The SMILES string of the molecule is CC(C)(C)OC(=O)N[C@@H]1C[C@@H]1c1ccc(C(=O)O)cc1. The summed E-state index contributed by atoms with van der Waals surface area (Å²) in [4.78, 5) is 22.4. The van der Waals surface area contributed by atoms with Crippen LogP contribution in [-0.4, -0.2) is 28.8 Å². The monoisotopic (exact) mass is 277 g/mol. The van der Waals surface area contributed by atoms with Gasteiger partial charge in [0.1, 0.15) is 5.60 Å². The van der Waals surface area contributed by atoms with E-state index in [1.54, 1.807) is 24.3 Å². The highest BCUT2D eigenvalue weighted by Crippen LogP contribution is 2.40. The van der Waals surface area contributed by atoms with E-state index in [-0.39, 0.29) is 17.5 Å². The number of amides is 1. The number of benzene rings is 1. The van der Waals surface area contributed by atoms with Gasteiger partial charge in [-0.15, -0.1) is 0 Å². The van der Waals surface area contributed by atoms with E-state index in [2.05, 4.69) is 5.32 Å². The third-order valence-corrected chi connectivity index (χ3v) is 3.08. The Labute approximate surface area is 117 Å². The lowest BCUT2D eigenvalue weighted by molar-refractivity contribution is 0.0522. The second-order valence-corrected chi connectivity index (χ2v) is 6.02. The van der Waals surface area contributed by atoms with Gasteiger partial charge in [-0.05, 0) is 44.9 Å². The minimum absolute atomic E-state index is 0.0699. The van der Waals surface area contributed by atoms with Crippen LogP contribution < -0.4 is 5.32 Å². The van der Waals surface area contributed by atoms with Crippen LogP contribution in [0.2, 0.25) is 0 Å². The van der Waals surface area contributed by atoms with Crippen LogP contribution in [0.5, 0.6) is 0 Å². The van der Waals surface area contributed by atoms with E-state index >= 15 is 0 Å². The zero-order chi connectivity index (χ0) is 14.9. The molecule has 0 unspecified atom stereocenters. The van der Waals surface area contributed by atoms with Crippen LogP contribution in [0.15, 0.2) is 24.3 Å². The highest BCUT2D eigenvalue weighted by molar-refractivity contribution is 5.87. The van der Waals surface area contributed by atoms with Gasteiger partial charge < -0.3 is 15.2 Å². The fourth-order valence-electron chi connectivity index (χ4n) is 2.05. The Bertz CT molecular complexity index is 516. The fraction of sp³-hybridized carbons (Fsp3) is 0.467. The summed E-state index contributed by atoms with van der Waals surface area (Å²) in [5.74, 6) is -0.693. The number of carboxylic acid groups (broad SMARTS) is 1. The summed E-state index contributed by atoms with van der Waals surface area (Å²) in [6, 6.07) is 6.83. The number of nitrogens with one attached hydrogen (secondary N) is 1. The van der Waals surface area contributed by atoms with Gasteiger partial charge in [0.25, 0.3) is 0 Å². The third kappa shape index (κ3) is 3.73. The van der Waals surface area contributed by atoms with Crippen molar-refractivity contribution in [1.29, 1.82) is 0 Å². The molecule has 0 saturated heterocycles. The van der Waals surface area contributed by atoms with Crippen molar-refractivity contribution >= 4 is 12.1 Å². The van der Waals surface area contributed by atoms with Crippen LogP contribution in [0.1, 0.15) is 49.0 Å². The molecule has 2 rings (SSSR count). The van der Waals surface area contributed by atoms with E-state index in [4.69, 9.17) is 9.84 Å². The molecule has 0 aromatic heterocycles. The molecule has 5 heteroatoms. The molecule has 1 fully saturated rings. The molecule has 1 aromatic rings. The Balaban J connectivity index is 1.88. The van der Waals surface area contributed by atoms with Gasteiger partial charge in [0.05, 0.1) is 5.56 Å². The summed E-state index contributed by atoms with van der Waals surface area (Å²) in [5.41, 5.74) is 0.805. The van der Waals surface area contributed by atoms with Gasteiger partial charge in [-0.25, -0.2) is 9.59 Å². The topological polar surface area (TPSA) is 75.6 Å². The highest BCUT2D eigenvalue weighted by atomic mass is 16.6. The van der Waals surface area contributed by atoms with Crippen molar-refractivity contribution in [3.8, 4) is 0 Å². The van der Waals surface area contributed by atoms with E-state index < -0.39 is 17.7 Å². The van der Waals surface area contributed by atoms with Gasteiger partial charge in [-0.3, -0.25) is 0 Å². The quantitative estimate of drug-likeness (QED) is 0.890. The van der Waals surface area contributed by atoms with Crippen molar-refractivity contribution in [2.24, 2.45) is 0 Å². The summed E-state index contributed by atoms with van der Waals surface area (Å²) in [7, 11) is 0. The average Bonchev–Trinajstić information content (AvgIpc) is 3.05. The highest BCUT2D eigenvalue weighted by Gasteiger charge is 2.40. The van der Waals surface area contributed by atoms with Gasteiger partial charge in [0.2, 0.25) is 0 Å². The smallest absolute Gasteiger partial charge is 0.407 e. The van der Waals surface area contributed by atoms with Crippen molar-refractivity contribution in [3.05, 3.63) is 35.4 Å². The predicted molar refractivity (Wildman–Crippen MR) is 73.9 cm³/mol. The first-order valence-corrected chi connectivity index (χ1v) is 6.59. The first kappa shape index (κ1) is 14.4. The van der Waals surface area contributed by atoms with Crippen LogP contribution in [-0.2, 0) is 4.74 Å². The van der Waals surface area contributed by atoms with Gasteiger partial charge >= 0.3 is 12.1 Å². The van der Waals surface area contributed by atoms with Crippen molar-refractivity contribution in [2.75, 3.05) is 0 Å².